The van der Waals surface area contributed by atoms with Gasteiger partial charge in [0.25, 0.3) is 5.69 Å². The molecule has 1 aromatic carbocycles. The van der Waals surface area contributed by atoms with Crippen LogP contribution in [-0.2, 0) is 4.74 Å². The van der Waals surface area contributed by atoms with Crippen LogP contribution < -0.4 is 0 Å². The highest BCUT2D eigenvalue weighted by molar-refractivity contribution is 5.94. The number of carbonyl (C=O) groups is 1. The van der Waals surface area contributed by atoms with Crippen LogP contribution >= 0.6 is 0 Å². The molecule has 0 aliphatic rings. The number of esters is 1. The summed E-state index contributed by atoms with van der Waals surface area (Å²) < 4.78 is 4.41. The first-order valence-corrected chi connectivity index (χ1v) is 3.75. The molecule has 1 radical (unpaired) electrons. The van der Waals surface area contributed by atoms with Gasteiger partial charge in [0.2, 0.25) is 0 Å². The fourth-order valence-electron chi connectivity index (χ4n) is 1.08. The van der Waals surface area contributed by atoms with Crippen LogP contribution in [0, 0.1) is 17.0 Å². The predicted molar refractivity (Wildman–Crippen MR) is 48.9 cm³/mol. The maximum absolute atomic E-state index is 11.1. The van der Waals surface area contributed by atoms with E-state index in [-0.39, 0.29) is 16.8 Å². The smallest absolute Gasteiger partial charge is 0.344 e. The fourth-order valence-corrected chi connectivity index (χ4v) is 1.08. The molecule has 1 rings (SSSR count). The van der Waals surface area contributed by atoms with Gasteiger partial charge in [-0.2, -0.15) is 0 Å². The van der Waals surface area contributed by atoms with E-state index in [4.69, 9.17) is 0 Å². The Balaban J connectivity index is 3.35. The molecule has 0 N–H and O–H groups in total. The summed E-state index contributed by atoms with van der Waals surface area (Å²) in [6.07, 6.45) is 0. The largest absolute Gasteiger partial charge is 0.465 e. The Labute approximate surface area is 80.5 Å². The number of nitrogens with zero attached hydrogens (tertiary/aromatic N) is 1. The quantitative estimate of drug-likeness (QED) is 0.407. The summed E-state index contributed by atoms with van der Waals surface area (Å²) in [5, 5.41) is 10.6. The Bertz CT molecular complexity index is 386. The number of para-hydroxylation sites is 1. The Kier molecular flexibility index (Phi) is 2.81. The molecule has 0 saturated heterocycles. The van der Waals surface area contributed by atoms with E-state index >= 15 is 0 Å². The van der Waals surface area contributed by atoms with E-state index in [0.29, 0.717) is 0 Å². The Hall–Kier alpha value is -1.91. The van der Waals surface area contributed by atoms with Crippen molar-refractivity contribution in [3.63, 3.8) is 0 Å². The second-order valence-corrected chi connectivity index (χ2v) is 2.56. The number of methoxy groups -OCH3 is 1. The molecule has 5 heteroatoms. The molecular formula is C9H8NO4. The summed E-state index contributed by atoms with van der Waals surface area (Å²) in [6.45, 7) is 3.47. The summed E-state index contributed by atoms with van der Waals surface area (Å²) in [7, 11) is 1.17. The lowest BCUT2D eigenvalue weighted by atomic mass is 10.1. The molecule has 1 aromatic rings. The third kappa shape index (κ3) is 1.71. The van der Waals surface area contributed by atoms with E-state index in [9.17, 15) is 14.9 Å². The highest BCUT2D eigenvalue weighted by Gasteiger charge is 2.22. The first-order valence-electron chi connectivity index (χ1n) is 3.75. The van der Waals surface area contributed by atoms with Gasteiger partial charge >= 0.3 is 5.97 Å². The lowest BCUT2D eigenvalue weighted by Gasteiger charge is -2.02. The topological polar surface area (TPSA) is 69.4 Å². The molecule has 0 heterocycles. The van der Waals surface area contributed by atoms with Gasteiger partial charge in [-0.05, 0) is 13.0 Å². The highest BCUT2D eigenvalue weighted by Crippen LogP contribution is 2.23. The number of rotatable bonds is 2. The first-order chi connectivity index (χ1) is 6.57. The van der Waals surface area contributed by atoms with Crippen molar-refractivity contribution in [2.45, 2.75) is 0 Å². The van der Waals surface area contributed by atoms with Crippen LogP contribution in [0.2, 0.25) is 0 Å². The second kappa shape index (κ2) is 3.87. The molecule has 5 nitrogen and oxygen atoms in total. The SMILES string of the molecule is [CH2]c1cccc(C(=O)OC)c1[N+](=O)[O-]. The van der Waals surface area contributed by atoms with Gasteiger partial charge in [-0.15, -0.1) is 0 Å². The minimum absolute atomic E-state index is 0.0787. The van der Waals surface area contributed by atoms with Gasteiger partial charge in [0.15, 0.2) is 0 Å². The van der Waals surface area contributed by atoms with Gasteiger partial charge in [0, 0.05) is 5.56 Å². The third-order valence-corrected chi connectivity index (χ3v) is 1.71. The summed E-state index contributed by atoms with van der Waals surface area (Å²) in [5.74, 6) is -0.734. The van der Waals surface area contributed by atoms with Gasteiger partial charge < -0.3 is 4.74 Å². The van der Waals surface area contributed by atoms with Crippen molar-refractivity contribution in [1.82, 2.24) is 0 Å². The zero-order chi connectivity index (χ0) is 10.7. The Morgan fingerprint density at radius 2 is 2.21 bits per heavy atom. The number of hydrogen-bond acceptors (Lipinski definition) is 4. The summed E-state index contributed by atoms with van der Waals surface area (Å²) >= 11 is 0. The normalized spacial score (nSPS) is 9.57. The average Bonchev–Trinajstić information content (AvgIpc) is 2.15. The summed E-state index contributed by atoms with van der Waals surface area (Å²) in [4.78, 5) is 21.1. The number of nitro groups is 1. The van der Waals surface area contributed by atoms with Crippen LogP contribution in [0.15, 0.2) is 18.2 Å². The van der Waals surface area contributed by atoms with Crippen molar-refractivity contribution < 1.29 is 14.5 Å². The molecule has 0 spiro atoms. The van der Waals surface area contributed by atoms with Crippen LogP contribution in [0.25, 0.3) is 0 Å². The number of hydrogen-bond donors (Lipinski definition) is 0. The van der Waals surface area contributed by atoms with Gasteiger partial charge in [-0.1, -0.05) is 12.1 Å². The molecule has 0 fully saturated rings. The minimum Gasteiger partial charge on any atom is -0.465 e. The van der Waals surface area contributed by atoms with E-state index in [1.54, 1.807) is 0 Å². The van der Waals surface area contributed by atoms with Crippen LogP contribution in [0.5, 0.6) is 0 Å². The number of carbonyl (C=O) groups excluding carboxylic acids is 1. The van der Waals surface area contributed by atoms with Crippen molar-refractivity contribution in [1.29, 1.82) is 0 Å². The van der Waals surface area contributed by atoms with Gasteiger partial charge in [0.1, 0.15) is 5.56 Å². The van der Waals surface area contributed by atoms with E-state index in [2.05, 4.69) is 11.7 Å². The molecule has 0 aromatic heterocycles. The number of nitro benzene ring substituents is 1. The van der Waals surface area contributed by atoms with Crippen molar-refractivity contribution in [2.24, 2.45) is 0 Å². The van der Waals surface area contributed by atoms with Gasteiger partial charge in [0.05, 0.1) is 12.0 Å². The van der Waals surface area contributed by atoms with E-state index in [1.807, 2.05) is 0 Å². The standard InChI is InChI=1S/C9H8NO4/c1-6-4-3-5-7(9(11)14-2)8(6)10(12)13/h3-5H,1H2,2H3. The molecule has 73 valence electrons. The van der Waals surface area contributed by atoms with Crippen LogP contribution in [0.4, 0.5) is 5.69 Å². The Morgan fingerprint density at radius 1 is 1.57 bits per heavy atom. The molecule has 0 bridgehead atoms. The zero-order valence-corrected chi connectivity index (χ0v) is 7.52. The lowest BCUT2D eigenvalue weighted by molar-refractivity contribution is -0.385. The molecule has 14 heavy (non-hydrogen) atoms. The number of benzene rings is 1. The molecule has 0 aliphatic heterocycles. The van der Waals surface area contributed by atoms with Crippen molar-refractivity contribution in [2.75, 3.05) is 7.11 Å². The van der Waals surface area contributed by atoms with Crippen molar-refractivity contribution >= 4 is 11.7 Å². The van der Waals surface area contributed by atoms with E-state index < -0.39 is 10.9 Å². The molecule has 0 unspecified atom stereocenters. The maximum Gasteiger partial charge on any atom is 0.344 e. The molecule has 0 saturated carbocycles. The summed E-state index contributed by atoms with van der Waals surface area (Å²) in [5.41, 5.74) is -0.192. The lowest BCUT2D eigenvalue weighted by Crippen LogP contribution is -2.06. The monoisotopic (exact) mass is 194 g/mol. The van der Waals surface area contributed by atoms with Crippen LogP contribution in [-0.4, -0.2) is 18.0 Å². The maximum atomic E-state index is 11.1. The summed E-state index contributed by atoms with van der Waals surface area (Å²) in [6, 6.07) is 4.31. The fraction of sp³-hybridized carbons (Fsp3) is 0.111. The van der Waals surface area contributed by atoms with E-state index in [0.717, 1.165) is 0 Å². The molecule has 0 aliphatic carbocycles. The van der Waals surface area contributed by atoms with Gasteiger partial charge in [-0.25, -0.2) is 4.79 Å². The van der Waals surface area contributed by atoms with Crippen molar-refractivity contribution in [3.8, 4) is 0 Å². The third-order valence-electron chi connectivity index (χ3n) is 1.71. The van der Waals surface area contributed by atoms with Crippen LogP contribution in [0.3, 0.4) is 0 Å². The van der Waals surface area contributed by atoms with Crippen LogP contribution in [0.1, 0.15) is 15.9 Å². The minimum atomic E-state index is -0.734. The number of ether oxygens (including phenoxy) is 1. The second-order valence-electron chi connectivity index (χ2n) is 2.56. The molecule has 0 atom stereocenters. The highest BCUT2D eigenvalue weighted by atomic mass is 16.6. The predicted octanol–water partition coefficient (Wildman–Crippen LogP) is 1.56. The average molecular weight is 194 g/mol. The van der Waals surface area contributed by atoms with E-state index in [1.165, 1.54) is 25.3 Å². The molecule has 0 amide bonds. The Morgan fingerprint density at radius 3 is 2.71 bits per heavy atom. The zero-order valence-electron chi connectivity index (χ0n) is 7.52. The molecular weight excluding hydrogens is 186 g/mol. The van der Waals surface area contributed by atoms with Crippen molar-refractivity contribution in [3.05, 3.63) is 46.4 Å². The van der Waals surface area contributed by atoms with Gasteiger partial charge in [-0.3, -0.25) is 10.1 Å². The first kappa shape index (κ1) is 10.2.